The van der Waals surface area contributed by atoms with Gasteiger partial charge in [-0.2, -0.15) is 10.2 Å². The van der Waals surface area contributed by atoms with Crippen molar-refractivity contribution in [1.29, 1.82) is 0 Å². The molecule has 0 spiro atoms. The van der Waals surface area contributed by atoms with Gasteiger partial charge >= 0.3 is 18.0 Å². The molecule has 2 aromatic heterocycles. The molecule has 0 unspecified atom stereocenters. The molecule has 0 bridgehead atoms. The van der Waals surface area contributed by atoms with Gasteiger partial charge in [0.15, 0.2) is 17.7 Å². The number of anilines is 2. The molecule has 53 heavy (non-hydrogen) atoms. The van der Waals surface area contributed by atoms with Gasteiger partial charge in [-0.05, 0) is 45.7 Å². The Balaban J connectivity index is 0.000000211. The highest BCUT2D eigenvalue weighted by molar-refractivity contribution is 5.83. The van der Waals surface area contributed by atoms with Crippen LogP contribution in [0.5, 0.6) is 0 Å². The second-order valence-electron chi connectivity index (χ2n) is 14.2. The van der Waals surface area contributed by atoms with Crippen LogP contribution < -0.4 is 15.1 Å². The van der Waals surface area contributed by atoms with E-state index >= 15 is 0 Å². The molecule has 2 aliphatic rings. The van der Waals surface area contributed by atoms with E-state index in [-0.39, 0.29) is 12.0 Å². The zero-order valence-electron chi connectivity index (χ0n) is 31.8. The number of benzene rings is 2. The van der Waals surface area contributed by atoms with Crippen molar-refractivity contribution in [2.24, 2.45) is 0 Å². The SMILES string of the molecule is COC(=O)[C@@H]1CN(c2cc(C)n(Cc3ccccc3)n2)CCN1.COC(=O)[C@@H]1CN(c2cc(C)n(Cc3ccccc3)n2)CCN1C(=O)OC(C)(C)C. The van der Waals surface area contributed by atoms with E-state index in [1.54, 1.807) is 20.8 Å². The smallest absolute Gasteiger partial charge is 0.411 e. The Morgan fingerprint density at radius 2 is 1.25 bits per heavy atom. The lowest BCUT2D eigenvalue weighted by molar-refractivity contribution is -0.147. The number of piperazine rings is 2. The summed E-state index contributed by atoms with van der Waals surface area (Å²) in [7, 11) is 2.75. The summed E-state index contributed by atoms with van der Waals surface area (Å²) in [5, 5.41) is 12.6. The van der Waals surface area contributed by atoms with E-state index in [9.17, 15) is 14.4 Å². The molecule has 2 saturated heterocycles. The van der Waals surface area contributed by atoms with Crippen LogP contribution >= 0.6 is 0 Å². The number of carbonyl (C=O) groups excluding carboxylic acids is 3. The highest BCUT2D eigenvalue weighted by Crippen LogP contribution is 2.23. The predicted molar refractivity (Wildman–Crippen MR) is 202 cm³/mol. The van der Waals surface area contributed by atoms with E-state index in [0.29, 0.717) is 32.7 Å². The number of esters is 2. The number of aromatic nitrogens is 4. The van der Waals surface area contributed by atoms with Crippen LogP contribution in [0.2, 0.25) is 0 Å². The fraction of sp³-hybridized carbons (Fsp3) is 0.462. The second kappa shape index (κ2) is 17.4. The molecule has 2 fully saturated rings. The Hall–Kier alpha value is -5.37. The van der Waals surface area contributed by atoms with Crippen molar-refractivity contribution >= 4 is 29.7 Å². The molecule has 4 heterocycles. The minimum absolute atomic E-state index is 0.227. The number of carbonyl (C=O) groups is 3. The summed E-state index contributed by atoms with van der Waals surface area (Å²) in [6.45, 7) is 14.2. The van der Waals surface area contributed by atoms with Crippen molar-refractivity contribution in [1.82, 2.24) is 29.8 Å². The maximum absolute atomic E-state index is 12.6. The molecular weight excluding hydrogens is 676 g/mol. The van der Waals surface area contributed by atoms with Crippen molar-refractivity contribution < 1.29 is 28.6 Å². The average molecular weight is 729 g/mol. The number of ether oxygens (including phenoxy) is 3. The number of hydrogen-bond acceptors (Lipinski definition) is 11. The lowest BCUT2D eigenvalue weighted by Gasteiger charge is -2.40. The Bertz CT molecular complexity index is 1820. The monoisotopic (exact) mass is 728 g/mol. The fourth-order valence-electron chi connectivity index (χ4n) is 6.25. The van der Waals surface area contributed by atoms with Crippen LogP contribution in [0.25, 0.3) is 0 Å². The summed E-state index contributed by atoms with van der Waals surface area (Å²) in [6, 6.07) is 23.4. The Labute approximate surface area is 311 Å². The van der Waals surface area contributed by atoms with Crippen molar-refractivity contribution in [3.8, 4) is 0 Å². The molecule has 14 heteroatoms. The maximum Gasteiger partial charge on any atom is 0.411 e. The minimum atomic E-state index is -0.752. The summed E-state index contributed by atoms with van der Waals surface area (Å²) in [4.78, 5) is 42.3. The molecule has 0 aliphatic carbocycles. The fourth-order valence-corrected chi connectivity index (χ4v) is 6.25. The highest BCUT2D eigenvalue weighted by Gasteiger charge is 2.39. The largest absolute Gasteiger partial charge is 0.468 e. The van der Waals surface area contributed by atoms with Gasteiger partial charge in [0.2, 0.25) is 0 Å². The molecule has 1 amide bonds. The van der Waals surface area contributed by atoms with Gasteiger partial charge in [-0.1, -0.05) is 60.7 Å². The van der Waals surface area contributed by atoms with Gasteiger partial charge < -0.3 is 29.3 Å². The topological polar surface area (TPSA) is 136 Å². The van der Waals surface area contributed by atoms with Gasteiger partial charge in [0.25, 0.3) is 0 Å². The summed E-state index contributed by atoms with van der Waals surface area (Å²) < 4.78 is 19.2. The standard InChI is InChI=1S/C22H30N4O4.C17H22N4O2/c1-16-13-19(23-26(16)14-17-9-7-6-8-10-17)24-11-12-25(18(15-24)20(27)29-5)21(28)30-22(2,3)4;1-13-10-16(19-21(13)11-14-6-4-3-5-7-14)20-9-8-18-15(12-20)17(22)23-2/h6-10,13,18H,11-12,14-15H2,1-5H3;3-7,10,15,18H,8-9,11-12H2,1-2H3/t18-;15-/m00/s1. The molecule has 2 atom stereocenters. The van der Waals surface area contributed by atoms with Crippen molar-refractivity contribution in [3.63, 3.8) is 0 Å². The zero-order chi connectivity index (χ0) is 38.1. The van der Waals surface area contributed by atoms with E-state index in [1.807, 2.05) is 63.7 Å². The van der Waals surface area contributed by atoms with Crippen LogP contribution in [-0.2, 0) is 36.9 Å². The molecule has 0 saturated carbocycles. The molecular formula is C39H52N8O6. The number of nitrogens with zero attached hydrogens (tertiary/aromatic N) is 7. The zero-order valence-corrected chi connectivity index (χ0v) is 31.8. The van der Waals surface area contributed by atoms with E-state index < -0.39 is 23.7 Å². The van der Waals surface area contributed by atoms with E-state index in [1.165, 1.54) is 24.7 Å². The normalized spacial score (nSPS) is 17.5. The third-order valence-electron chi connectivity index (χ3n) is 9.08. The highest BCUT2D eigenvalue weighted by atomic mass is 16.6. The summed E-state index contributed by atoms with van der Waals surface area (Å²) in [5.74, 6) is 0.996. The van der Waals surface area contributed by atoms with Gasteiger partial charge in [-0.15, -0.1) is 0 Å². The third kappa shape index (κ3) is 10.4. The lowest BCUT2D eigenvalue weighted by Crippen LogP contribution is -2.59. The summed E-state index contributed by atoms with van der Waals surface area (Å²) in [6.07, 6.45) is -0.511. The van der Waals surface area contributed by atoms with Crippen LogP contribution in [0, 0.1) is 13.8 Å². The quantitative estimate of drug-likeness (QED) is 0.208. The molecule has 6 rings (SSSR count). The van der Waals surface area contributed by atoms with E-state index in [2.05, 4.69) is 47.5 Å². The first kappa shape index (κ1) is 38.9. The van der Waals surface area contributed by atoms with Gasteiger partial charge in [-0.25, -0.2) is 9.59 Å². The van der Waals surface area contributed by atoms with Crippen LogP contribution in [0.3, 0.4) is 0 Å². The number of rotatable bonds is 8. The van der Waals surface area contributed by atoms with Gasteiger partial charge in [0, 0.05) is 56.2 Å². The van der Waals surface area contributed by atoms with Crippen LogP contribution in [0.15, 0.2) is 72.8 Å². The maximum atomic E-state index is 12.6. The predicted octanol–water partition coefficient (Wildman–Crippen LogP) is 4.03. The number of hydrogen-bond donors (Lipinski definition) is 1. The van der Waals surface area contributed by atoms with Crippen LogP contribution in [0.1, 0.15) is 43.3 Å². The first-order valence-electron chi connectivity index (χ1n) is 17.9. The van der Waals surface area contributed by atoms with Gasteiger partial charge in [0.1, 0.15) is 11.6 Å². The summed E-state index contributed by atoms with van der Waals surface area (Å²) in [5.41, 5.74) is 3.88. The number of nitrogens with one attached hydrogen (secondary N) is 1. The van der Waals surface area contributed by atoms with E-state index in [4.69, 9.17) is 24.4 Å². The van der Waals surface area contributed by atoms with Crippen LogP contribution in [0.4, 0.5) is 16.4 Å². The molecule has 284 valence electrons. The minimum Gasteiger partial charge on any atom is -0.468 e. The molecule has 2 aliphatic heterocycles. The van der Waals surface area contributed by atoms with Crippen LogP contribution in [-0.4, -0.2) is 114 Å². The first-order valence-corrected chi connectivity index (χ1v) is 17.9. The lowest BCUT2D eigenvalue weighted by atomic mass is 10.1. The van der Waals surface area contributed by atoms with Crippen molar-refractivity contribution in [2.45, 2.75) is 65.4 Å². The molecule has 14 nitrogen and oxygen atoms in total. The Kier molecular flexibility index (Phi) is 12.8. The first-order chi connectivity index (χ1) is 25.3. The van der Waals surface area contributed by atoms with Crippen molar-refractivity contribution in [2.75, 3.05) is 63.3 Å². The van der Waals surface area contributed by atoms with Gasteiger partial charge in [-0.3, -0.25) is 19.1 Å². The average Bonchev–Trinajstić information content (AvgIpc) is 3.71. The third-order valence-corrected chi connectivity index (χ3v) is 9.08. The Morgan fingerprint density at radius 1 is 0.736 bits per heavy atom. The molecule has 2 aromatic carbocycles. The molecule has 1 N–H and O–H groups in total. The molecule has 4 aromatic rings. The number of amides is 1. The van der Waals surface area contributed by atoms with E-state index in [0.717, 1.165) is 48.2 Å². The number of aryl methyl sites for hydroxylation is 2. The summed E-state index contributed by atoms with van der Waals surface area (Å²) >= 11 is 0. The van der Waals surface area contributed by atoms with Crippen molar-refractivity contribution in [3.05, 3.63) is 95.3 Å². The van der Waals surface area contributed by atoms with Gasteiger partial charge in [0.05, 0.1) is 33.9 Å². The number of methoxy groups -OCH3 is 2. The Morgan fingerprint density at radius 3 is 1.74 bits per heavy atom. The molecule has 0 radical (unpaired) electrons. The second-order valence-corrected chi connectivity index (χ2v) is 14.2.